The van der Waals surface area contributed by atoms with E-state index < -0.39 is 21.9 Å². The highest BCUT2D eigenvalue weighted by molar-refractivity contribution is 7.89. The molecule has 0 aliphatic rings. The van der Waals surface area contributed by atoms with E-state index in [2.05, 4.69) is 5.32 Å². The number of sulfonamides is 1. The molecule has 0 aromatic heterocycles. The largest absolute Gasteiger partial charge is 0.481 e. The molecule has 2 aromatic carbocycles. The number of amides is 1. The van der Waals surface area contributed by atoms with Gasteiger partial charge in [-0.05, 0) is 43.7 Å². The lowest BCUT2D eigenvalue weighted by molar-refractivity contribution is -0.136. The summed E-state index contributed by atoms with van der Waals surface area (Å²) in [5.41, 5.74) is 0.998. The van der Waals surface area contributed by atoms with Gasteiger partial charge in [-0.15, -0.1) is 0 Å². The van der Waals surface area contributed by atoms with E-state index in [0.29, 0.717) is 11.3 Å². The Labute approximate surface area is 158 Å². The molecule has 0 saturated heterocycles. The second-order valence-corrected chi connectivity index (χ2v) is 8.32. The van der Waals surface area contributed by atoms with E-state index in [1.807, 2.05) is 0 Å². The van der Waals surface area contributed by atoms with E-state index >= 15 is 0 Å². The van der Waals surface area contributed by atoms with Gasteiger partial charge in [0.05, 0.1) is 11.3 Å². The third kappa shape index (κ3) is 4.93. The van der Waals surface area contributed by atoms with Crippen LogP contribution >= 0.6 is 0 Å². The summed E-state index contributed by atoms with van der Waals surface area (Å²) in [5.74, 6) is -1.53. The van der Waals surface area contributed by atoms with Crippen LogP contribution in [0.25, 0.3) is 0 Å². The van der Waals surface area contributed by atoms with Crippen molar-refractivity contribution in [3.8, 4) is 0 Å². The zero-order valence-electron chi connectivity index (χ0n) is 15.3. The van der Waals surface area contributed by atoms with E-state index in [4.69, 9.17) is 5.11 Å². The molecule has 0 heterocycles. The maximum absolute atomic E-state index is 12.6. The van der Waals surface area contributed by atoms with Crippen molar-refractivity contribution in [3.63, 3.8) is 0 Å². The van der Waals surface area contributed by atoms with E-state index in [1.165, 1.54) is 35.6 Å². The molecule has 0 unspecified atom stereocenters. The Morgan fingerprint density at radius 1 is 1.11 bits per heavy atom. The minimum absolute atomic E-state index is 0.0187. The number of nitrogens with zero attached hydrogens (tertiary/aromatic N) is 1. The van der Waals surface area contributed by atoms with E-state index in [9.17, 15) is 18.0 Å². The molecule has 144 valence electrons. The summed E-state index contributed by atoms with van der Waals surface area (Å²) < 4.78 is 26.5. The van der Waals surface area contributed by atoms with Crippen molar-refractivity contribution < 1.29 is 23.1 Å². The monoisotopic (exact) mass is 390 g/mol. The van der Waals surface area contributed by atoms with Crippen LogP contribution in [0, 0.1) is 0 Å². The smallest absolute Gasteiger partial charge is 0.307 e. The highest BCUT2D eigenvalue weighted by Crippen LogP contribution is 2.20. The number of benzene rings is 2. The van der Waals surface area contributed by atoms with Gasteiger partial charge < -0.3 is 10.4 Å². The molecule has 0 spiro atoms. The van der Waals surface area contributed by atoms with Crippen LogP contribution in [-0.4, -0.2) is 42.8 Å². The van der Waals surface area contributed by atoms with Crippen LogP contribution in [0.1, 0.15) is 29.8 Å². The summed E-state index contributed by atoms with van der Waals surface area (Å²) in [6, 6.07) is 12.1. The van der Waals surface area contributed by atoms with Crippen LogP contribution in [0.4, 0.5) is 5.69 Å². The number of anilines is 1. The maximum atomic E-state index is 12.6. The molecule has 0 saturated carbocycles. The predicted octanol–water partition coefficient (Wildman–Crippen LogP) is 2.59. The van der Waals surface area contributed by atoms with Crippen molar-refractivity contribution in [2.75, 3.05) is 12.4 Å². The van der Waals surface area contributed by atoms with Crippen LogP contribution in [0.3, 0.4) is 0 Å². The summed E-state index contributed by atoms with van der Waals surface area (Å²) in [4.78, 5) is 23.6. The first-order valence-electron chi connectivity index (χ1n) is 8.32. The molecule has 0 radical (unpaired) electrons. The molecule has 8 heteroatoms. The number of hydrogen-bond donors (Lipinski definition) is 2. The van der Waals surface area contributed by atoms with E-state index in [1.54, 1.807) is 38.1 Å². The van der Waals surface area contributed by atoms with Crippen molar-refractivity contribution >= 4 is 27.6 Å². The number of hydrogen-bond acceptors (Lipinski definition) is 4. The zero-order valence-corrected chi connectivity index (χ0v) is 16.2. The lowest BCUT2D eigenvalue weighted by Gasteiger charge is -2.21. The number of rotatable bonds is 7. The molecule has 2 rings (SSSR count). The van der Waals surface area contributed by atoms with Crippen LogP contribution in [0.5, 0.6) is 0 Å². The molecular weight excluding hydrogens is 368 g/mol. The average Bonchev–Trinajstić information content (AvgIpc) is 2.62. The van der Waals surface area contributed by atoms with Gasteiger partial charge in [-0.25, -0.2) is 8.42 Å². The minimum atomic E-state index is -3.72. The number of aliphatic carboxylic acids is 1. The minimum Gasteiger partial charge on any atom is -0.481 e. The van der Waals surface area contributed by atoms with Crippen LogP contribution in [0.15, 0.2) is 53.4 Å². The number of para-hydroxylation sites is 1. The number of carbonyl (C=O) groups is 2. The van der Waals surface area contributed by atoms with Gasteiger partial charge in [-0.1, -0.05) is 24.3 Å². The quantitative estimate of drug-likeness (QED) is 0.756. The molecule has 7 nitrogen and oxygen atoms in total. The molecule has 27 heavy (non-hydrogen) atoms. The van der Waals surface area contributed by atoms with Crippen molar-refractivity contribution in [3.05, 3.63) is 59.7 Å². The standard InChI is InChI=1S/C19H22N2O5S/c1-13(2)21(3)27(25,26)16-9-6-8-15(11-16)19(24)20-17-10-5-4-7-14(17)12-18(22)23/h4-11,13H,12H2,1-3H3,(H,20,24)(H,22,23). The summed E-state index contributed by atoms with van der Waals surface area (Å²) in [6.45, 7) is 3.51. The Bertz CT molecular complexity index is 954. The first kappa shape index (κ1) is 20.6. The van der Waals surface area contributed by atoms with Gasteiger partial charge >= 0.3 is 5.97 Å². The molecule has 0 aliphatic carbocycles. The van der Waals surface area contributed by atoms with E-state index in [0.717, 1.165) is 0 Å². The summed E-state index contributed by atoms with van der Waals surface area (Å²) in [6.07, 6.45) is -0.232. The van der Waals surface area contributed by atoms with Crippen molar-refractivity contribution in [1.82, 2.24) is 4.31 Å². The average molecular weight is 390 g/mol. The van der Waals surface area contributed by atoms with Gasteiger partial charge in [-0.2, -0.15) is 4.31 Å². The SMILES string of the molecule is CC(C)N(C)S(=O)(=O)c1cccc(C(=O)Nc2ccccc2CC(=O)O)c1. The molecule has 1 amide bonds. The van der Waals surface area contributed by atoms with Gasteiger partial charge in [0, 0.05) is 24.3 Å². The molecule has 0 atom stereocenters. The van der Waals surface area contributed by atoms with Gasteiger partial charge in [0.1, 0.15) is 0 Å². The highest BCUT2D eigenvalue weighted by atomic mass is 32.2. The Balaban J connectivity index is 2.31. The maximum Gasteiger partial charge on any atom is 0.307 e. The van der Waals surface area contributed by atoms with Gasteiger partial charge in [0.25, 0.3) is 5.91 Å². The number of carbonyl (C=O) groups excluding carboxylic acids is 1. The van der Waals surface area contributed by atoms with Crippen LogP contribution in [0.2, 0.25) is 0 Å². The molecular formula is C19H22N2O5S. The first-order valence-corrected chi connectivity index (χ1v) is 9.76. The van der Waals surface area contributed by atoms with Crippen molar-refractivity contribution in [1.29, 1.82) is 0 Å². The third-order valence-electron chi connectivity index (χ3n) is 4.11. The Kier molecular flexibility index (Phi) is 6.35. The molecule has 0 fully saturated rings. The van der Waals surface area contributed by atoms with Gasteiger partial charge in [0.15, 0.2) is 0 Å². The molecule has 2 aromatic rings. The summed E-state index contributed by atoms with van der Waals surface area (Å²) >= 11 is 0. The molecule has 2 N–H and O–H groups in total. The van der Waals surface area contributed by atoms with Crippen molar-refractivity contribution in [2.24, 2.45) is 0 Å². The summed E-state index contributed by atoms with van der Waals surface area (Å²) in [7, 11) is -2.23. The fraction of sp³-hybridized carbons (Fsp3) is 0.263. The lowest BCUT2D eigenvalue weighted by Crippen LogP contribution is -2.33. The highest BCUT2D eigenvalue weighted by Gasteiger charge is 2.24. The third-order valence-corrected chi connectivity index (χ3v) is 6.14. The van der Waals surface area contributed by atoms with Crippen LogP contribution in [-0.2, 0) is 21.2 Å². The predicted molar refractivity (Wildman–Crippen MR) is 102 cm³/mol. The second kappa shape index (κ2) is 8.32. The Morgan fingerprint density at radius 3 is 2.41 bits per heavy atom. The van der Waals surface area contributed by atoms with E-state index in [-0.39, 0.29) is 22.9 Å². The topological polar surface area (TPSA) is 104 Å². The van der Waals surface area contributed by atoms with Gasteiger partial charge in [0.2, 0.25) is 10.0 Å². The number of carboxylic acids is 1. The van der Waals surface area contributed by atoms with Crippen molar-refractivity contribution in [2.45, 2.75) is 31.2 Å². The number of carboxylic acid groups (broad SMARTS) is 1. The normalized spacial score (nSPS) is 11.6. The number of nitrogens with one attached hydrogen (secondary N) is 1. The fourth-order valence-corrected chi connectivity index (χ4v) is 3.81. The Hall–Kier alpha value is -2.71. The van der Waals surface area contributed by atoms with Gasteiger partial charge in [-0.3, -0.25) is 9.59 Å². The fourth-order valence-electron chi connectivity index (χ4n) is 2.40. The van der Waals surface area contributed by atoms with Crippen LogP contribution < -0.4 is 5.32 Å². The second-order valence-electron chi connectivity index (χ2n) is 6.32. The zero-order chi connectivity index (χ0) is 20.2. The Morgan fingerprint density at radius 2 is 1.78 bits per heavy atom. The summed E-state index contributed by atoms with van der Waals surface area (Å²) in [5, 5.41) is 11.6. The first-order chi connectivity index (χ1) is 12.6. The molecule has 0 bridgehead atoms. The molecule has 0 aliphatic heterocycles. The lowest BCUT2D eigenvalue weighted by atomic mass is 10.1.